The summed E-state index contributed by atoms with van der Waals surface area (Å²) in [6.45, 7) is 0.946. The van der Waals surface area contributed by atoms with Crippen molar-refractivity contribution in [3.63, 3.8) is 0 Å². The number of hydrogen-bond acceptors (Lipinski definition) is 7. The molecule has 10 heteroatoms. The van der Waals surface area contributed by atoms with Crippen LogP contribution in [0, 0.1) is 10.1 Å². The molecule has 0 unspecified atom stereocenters. The molecule has 3 rings (SSSR count). The lowest BCUT2D eigenvalue weighted by Crippen LogP contribution is -2.40. The lowest BCUT2D eigenvalue weighted by atomic mass is 10.1. The van der Waals surface area contributed by atoms with Gasteiger partial charge in [0.15, 0.2) is 5.75 Å². The van der Waals surface area contributed by atoms with Crippen LogP contribution in [0.5, 0.6) is 5.75 Å². The Bertz CT molecular complexity index is 831. The Hall–Kier alpha value is -2.88. The Kier molecular flexibility index (Phi) is 4.94. The Morgan fingerprint density at radius 2 is 2.00 bits per heavy atom. The molecule has 0 spiro atoms. The van der Waals surface area contributed by atoms with Crippen LogP contribution < -0.4 is 0 Å². The molecule has 1 N–H and O–H groups in total. The summed E-state index contributed by atoms with van der Waals surface area (Å²) in [6.07, 6.45) is 3.15. The van der Waals surface area contributed by atoms with Crippen molar-refractivity contribution in [2.24, 2.45) is 0 Å². The molecule has 2 heterocycles. The van der Waals surface area contributed by atoms with E-state index in [4.69, 9.17) is 0 Å². The normalized spacial score (nSPS) is 18.8. The number of nitro groups is 1. The van der Waals surface area contributed by atoms with E-state index in [1.807, 2.05) is 0 Å². The zero-order valence-corrected chi connectivity index (χ0v) is 14.4. The number of phenolic OH excluding ortho intramolecular Hbond substituents is 1. The van der Waals surface area contributed by atoms with Crippen molar-refractivity contribution >= 4 is 40.6 Å². The van der Waals surface area contributed by atoms with Crippen LogP contribution in [0.2, 0.25) is 0 Å². The number of carbonyl (C=O) groups excluding carboxylic acids is 3. The molecule has 2 saturated heterocycles. The number of hydrogen-bond donors (Lipinski definition) is 1. The number of carbonyl (C=O) groups is 3. The summed E-state index contributed by atoms with van der Waals surface area (Å²) in [6, 6.07) is 3.65. The monoisotopic (exact) mass is 377 g/mol. The van der Waals surface area contributed by atoms with E-state index in [1.54, 1.807) is 4.90 Å². The van der Waals surface area contributed by atoms with E-state index in [0.717, 1.165) is 29.9 Å². The first kappa shape index (κ1) is 17.9. The summed E-state index contributed by atoms with van der Waals surface area (Å²) in [7, 11) is 0. The zero-order valence-electron chi connectivity index (χ0n) is 13.6. The van der Waals surface area contributed by atoms with Crippen LogP contribution in [0.15, 0.2) is 23.1 Å². The maximum Gasteiger partial charge on any atom is 0.311 e. The van der Waals surface area contributed by atoms with Crippen LogP contribution in [0.4, 0.5) is 10.5 Å². The molecule has 2 fully saturated rings. The first-order valence-corrected chi connectivity index (χ1v) is 8.69. The molecule has 0 aromatic heterocycles. The number of amides is 3. The summed E-state index contributed by atoms with van der Waals surface area (Å²) in [5, 5.41) is 19.8. The molecule has 1 aromatic carbocycles. The van der Waals surface area contributed by atoms with Gasteiger partial charge in [0.05, 0.1) is 9.83 Å². The van der Waals surface area contributed by atoms with E-state index in [0.29, 0.717) is 30.4 Å². The van der Waals surface area contributed by atoms with Gasteiger partial charge in [0, 0.05) is 19.2 Å². The highest BCUT2D eigenvalue weighted by Crippen LogP contribution is 2.34. The van der Waals surface area contributed by atoms with Gasteiger partial charge < -0.3 is 10.0 Å². The topological polar surface area (TPSA) is 121 Å². The van der Waals surface area contributed by atoms with E-state index in [2.05, 4.69) is 0 Å². The van der Waals surface area contributed by atoms with Crippen LogP contribution in [-0.4, -0.2) is 56.5 Å². The van der Waals surface area contributed by atoms with E-state index in [-0.39, 0.29) is 17.4 Å². The number of likely N-dealkylation sites (tertiary alicyclic amines) is 1. The highest BCUT2D eigenvalue weighted by Gasteiger charge is 2.37. The fraction of sp³-hybridized carbons (Fsp3) is 0.312. The second kappa shape index (κ2) is 7.16. The van der Waals surface area contributed by atoms with Gasteiger partial charge in [-0.3, -0.25) is 29.4 Å². The van der Waals surface area contributed by atoms with Gasteiger partial charge in [-0.25, -0.2) is 0 Å². The summed E-state index contributed by atoms with van der Waals surface area (Å²) in [5.41, 5.74) is -0.201. The molecule has 0 saturated carbocycles. The quantitative estimate of drug-likeness (QED) is 0.483. The molecule has 136 valence electrons. The Labute approximate surface area is 152 Å². The number of imide groups is 1. The van der Waals surface area contributed by atoms with Crippen LogP contribution in [-0.2, 0) is 9.59 Å². The largest absolute Gasteiger partial charge is 0.502 e. The van der Waals surface area contributed by atoms with Gasteiger partial charge in [-0.05, 0) is 42.3 Å². The van der Waals surface area contributed by atoms with E-state index in [1.165, 1.54) is 12.1 Å². The minimum Gasteiger partial charge on any atom is -0.502 e. The third kappa shape index (κ3) is 3.54. The Balaban J connectivity index is 1.78. The Morgan fingerprint density at radius 3 is 2.65 bits per heavy atom. The molecule has 3 amide bonds. The van der Waals surface area contributed by atoms with Crippen molar-refractivity contribution < 1.29 is 24.4 Å². The SMILES string of the molecule is O=C(CN1C(=O)S/C(=C\c2ccc(O)c([N+](=O)[O-])c2)C1=O)N1CCCC1. The van der Waals surface area contributed by atoms with Crippen molar-refractivity contribution in [2.45, 2.75) is 12.8 Å². The number of phenols is 1. The van der Waals surface area contributed by atoms with Crippen molar-refractivity contribution in [2.75, 3.05) is 19.6 Å². The van der Waals surface area contributed by atoms with Crippen molar-refractivity contribution in [1.29, 1.82) is 0 Å². The van der Waals surface area contributed by atoms with Crippen LogP contribution >= 0.6 is 11.8 Å². The second-order valence-electron chi connectivity index (χ2n) is 5.86. The first-order chi connectivity index (χ1) is 12.4. The summed E-state index contributed by atoms with van der Waals surface area (Å²) >= 11 is 0.675. The van der Waals surface area contributed by atoms with Gasteiger partial charge in [0.1, 0.15) is 6.54 Å². The highest BCUT2D eigenvalue weighted by molar-refractivity contribution is 8.18. The van der Waals surface area contributed by atoms with Crippen LogP contribution in [0.3, 0.4) is 0 Å². The molecule has 2 aliphatic heterocycles. The standard InChI is InChI=1S/C16H15N3O6S/c20-12-4-3-10(7-11(12)19(24)25)8-13-15(22)18(16(23)26-13)9-14(21)17-5-1-2-6-17/h3-4,7-8,20H,1-2,5-6,9H2/b13-8-. The molecular formula is C16H15N3O6S. The summed E-state index contributed by atoms with van der Waals surface area (Å²) in [5.74, 6) is -1.37. The fourth-order valence-electron chi connectivity index (χ4n) is 2.77. The molecule has 0 atom stereocenters. The van der Waals surface area contributed by atoms with Gasteiger partial charge >= 0.3 is 5.69 Å². The third-order valence-electron chi connectivity index (χ3n) is 4.12. The number of nitrogens with zero attached hydrogens (tertiary/aromatic N) is 3. The lowest BCUT2D eigenvalue weighted by molar-refractivity contribution is -0.385. The maximum atomic E-state index is 12.4. The van der Waals surface area contributed by atoms with Gasteiger partial charge in [0.25, 0.3) is 11.1 Å². The van der Waals surface area contributed by atoms with Crippen molar-refractivity contribution in [1.82, 2.24) is 9.80 Å². The van der Waals surface area contributed by atoms with Gasteiger partial charge in [-0.2, -0.15) is 0 Å². The minimum atomic E-state index is -0.743. The number of aromatic hydroxyl groups is 1. The predicted octanol–water partition coefficient (Wildman–Crippen LogP) is 1.96. The smallest absolute Gasteiger partial charge is 0.311 e. The molecule has 9 nitrogen and oxygen atoms in total. The minimum absolute atomic E-state index is 0.0733. The first-order valence-electron chi connectivity index (χ1n) is 7.87. The third-order valence-corrected chi connectivity index (χ3v) is 5.03. The molecule has 0 radical (unpaired) electrons. The molecule has 1 aromatic rings. The van der Waals surface area contributed by atoms with Gasteiger partial charge in [-0.1, -0.05) is 6.07 Å². The molecule has 0 aliphatic carbocycles. The average molecular weight is 377 g/mol. The predicted molar refractivity (Wildman–Crippen MR) is 93.3 cm³/mol. The fourth-order valence-corrected chi connectivity index (χ4v) is 3.60. The zero-order chi connectivity index (χ0) is 18.8. The highest BCUT2D eigenvalue weighted by atomic mass is 32.2. The molecule has 0 bridgehead atoms. The van der Waals surface area contributed by atoms with Gasteiger partial charge in [-0.15, -0.1) is 0 Å². The molecule has 26 heavy (non-hydrogen) atoms. The van der Waals surface area contributed by atoms with Crippen LogP contribution in [0.25, 0.3) is 6.08 Å². The van der Waals surface area contributed by atoms with E-state index >= 15 is 0 Å². The number of nitro benzene ring substituents is 1. The molecular weight excluding hydrogens is 362 g/mol. The lowest BCUT2D eigenvalue weighted by Gasteiger charge is -2.18. The van der Waals surface area contributed by atoms with E-state index in [9.17, 15) is 29.6 Å². The number of benzene rings is 1. The Morgan fingerprint density at radius 1 is 1.31 bits per heavy atom. The van der Waals surface area contributed by atoms with Crippen molar-refractivity contribution in [3.8, 4) is 5.75 Å². The second-order valence-corrected chi connectivity index (χ2v) is 6.85. The van der Waals surface area contributed by atoms with Crippen molar-refractivity contribution in [3.05, 3.63) is 38.8 Å². The average Bonchev–Trinajstić information content (AvgIpc) is 3.21. The van der Waals surface area contributed by atoms with Gasteiger partial charge in [0.2, 0.25) is 5.91 Å². The summed E-state index contributed by atoms with van der Waals surface area (Å²) < 4.78 is 0. The van der Waals surface area contributed by atoms with E-state index < -0.39 is 27.5 Å². The summed E-state index contributed by atoms with van der Waals surface area (Å²) in [4.78, 5) is 49.4. The number of thioether (sulfide) groups is 1. The van der Waals surface area contributed by atoms with Crippen LogP contribution in [0.1, 0.15) is 18.4 Å². The maximum absolute atomic E-state index is 12.4. The molecule has 2 aliphatic rings. The number of rotatable bonds is 4.